The van der Waals surface area contributed by atoms with E-state index in [1.807, 2.05) is 24.3 Å². The second-order valence-electron chi connectivity index (χ2n) is 5.46. The van der Waals surface area contributed by atoms with Crippen LogP contribution >= 0.6 is 11.6 Å². The molecule has 0 bridgehead atoms. The molecule has 0 aromatic heterocycles. The van der Waals surface area contributed by atoms with Gasteiger partial charge in [0.2, 0.25) is 0 Å². The summed E-state index contributed by atoms with van der Waals surface area (Å²) in [5, 5.41) is 0.769. The Labute approximate surface area is 131 Å². The minimum absolute atomic E-state index is 0.769. The SMILES string of the molecule is Cc1cc(C)cc(-c2ccc(-c3ccc(Cl)cc3)cc2)c1. The molecule has 0 N–H and O–H groups in total. The van der Waals surface area contributed by atoms with Crippen LogP contribution in [0.25, 0.3) is 22.3 Å². The number of rotatable bonds is 2. The maximum absolute atomic E-state index is 5.93. The lowest BCUT2D eigenvalue weighted by atomic mass is 9.98. The molecule has 0 saturated carbocycles. The molecule has 0 unspecified atom stereocenters. The van der Waals surface area contributed by atoms with E-state index >= 15 is 0 Å². The summed E-state index contributed by atoms with van der Waals surface area (Å²) in [7, 11) is 0. The van der Waals surface area contributed by atoms with Crippen molar-refractivity contribution in [2.45, 2.75) is 13.8 Å². The van der Waals surface area contributed by atoms with Crippen LogP contribution in [-0.4, -0.2) is 0 Å². The lowest BCUT2D eigenvalue weighted by Crippen LogP contribution is -1.83. The van der Waals surface area contributed by atoms with Crippen molar-refractivity contribution in [3.63, 3.8) is 0 Å². The molecule has 0 aliphatic carbocycles. The maximum atomic E-state index is 5.93. The minimum atomic E-state index is 0.769. The topological polar surface area (TPSA) is 0 Å². The van der Waals surface area contributed by atoms with Gasteiger partial charge in [-0.15, -0.1) is 0 Å². The standard InChI is InChI=1S/C20H17Cl/c1-14-11-15(2)13-19(12-14)18-5-3-16(4-6-18)17-7-9-20(21)10-8-17/h3-13H,1-2H3. The Morgan fingerprint density at radius 3 is 1.38 bits per heavy atom. The van der Waals surface area contributed by atoms with Crippen molar-refractivity contribution in [1.29, 1.82) is 0 Å². The van der Waals surface area contributed by atoms with Gasteiger partial charge in [0.1, 0.15) is 0 Å². The Balaban J connectivity index is 1.95. The third kappa shape index (κ3) is 3.17. The zero-order chi connectivity index (χ0) is 14.8. The summed E-state index contributed by atoms with van der Waals surface area (Å²) in [6.07, 6.45) is 0. The summed E-state index contributed by atoms with van der Waals surface area (Å²) in [5.74, 6) is 0. The number of halogens is 1. The van der Waals surface area contributed by atoms with Crippen molar-refractivity contribution < 1.29 is 0 Å². The first-order valence-corrected chi connectivity index (χ1v) is 7.44. The van der Waals surface area contributed by atoms with E-state index in [0.717, 1.165) is 5.02 Å². The molecule has 0 heterocycles. The third-order valence-corrected chi connectivity index (χ3v) is 3.87. The molecule has 3 aromatic rings. The molecule has 0 nitrogen and oxygen atoms in total. The van der Waals surface area contributed by atoms with Crippen LogP contribution in [0.3, 0.4) is 0 Å². The van der Waals surface area contributed by atoms with Crippen LogP contribution in [0.15, 0.2) is 66.7 Å². The molecular weight excluding hydrogens is 276 g/mol. The molecule has 3 aromatic carbocycles. The normalized spacial score (nSPS) is 10.6. The number of aryl methyl sites for hydroxylation is 2. The molecule has 3 rings (SSSR count). The van der Waals surface area contributed by atoms with Gasteiger partial charge in [-0.2, -0.15) is 0 Å². The predicted octanol–water partition coefficient (Wildman–Crippen LogP) is 6.29. The molecule has 0 spiro atoms. The molecule has 0 atom stereocenters. The summed E-state index contributed by atoms with van der Waals surface area (Å²) in [5.41, 5.74) is 7.51. The van der Waals surface area contributed by atoms with Crippen molar-refractivity contribution in [3.05, 3.63) is 82.9 Å². The molecular formula is C20H17Cl. The smallest absolute Gasteiger partial charge is 0.0406 e. The largest absolute Gasteiger partial charge is 0.0843 e. The maximum Gasteiger partial charge on any atom is 0.0406 e. The summed E-state index contributed by atoms with van der Waals surface area (Å²) >= 11 is 5.93. The van der Waals surface area contributed by atoms with Gasteiger partial charge in [0.15, 0.2) is 0 Å². The van der Waals surface area contributed by atoms with Crippen molar-refractivity contribution >= 4 is 11.6 Å². The first-order chi connectivity index (χ1) is 10.1. The van der Waals surface area contributed by atoms with Crippen molar-refractivity contribution in [2.24, 2.45) is 0 Å². The second kappa shape index (κ2) is 5.75. The molecule has 0 radical (unpaired) electrons. The Bertz CT molecular complexity index is 733. The van der Waals surface area contributed by atoms with Gasteiger partial charge in [-0.1, -0.05) is 77.3 Å². The van der Waals surface area contributed by atoms with Crippen LogP contribution in [-0.2, 0) is 0 Å². The van der Waals surface area contributed by atoms with E-state index < -0.39 is 0 Å². The van der Waals surface area contributed by atoms with Crippen LogP contribution < -0.4 is 0 Å². The summed E-state index contributed by atoms with van der Waals surface area (Å²) in [4.78, 5) is 0. The van der Waals surface area contributed by atoms with Crippen molar-refractivity contribution in [1.82, 2.24) is 0 Å². The summed E-state index contributed by atoms with van der Waals surface area (Å²) in [6, 6.07) is 23.3. The fraction of sp³-hybridized carbons (Fsp3) is 0.100. The minimum Gasteiger partial charge on any atom is -0.0843 e. The first kappa shape index (κ1) is 13.9. The lowest BCUT2D eigenvalue weighted by molar-refractivity contribution is 1.38. The van der Waals surface area contributed by atoms with Gasteiger partial charge in [-0.05, 0) is 48.2 Å². The Hall–Kier alpha value is -2.05. The molecule has 0 aliphatic rings. The zero-order valence-electron chi connectivity index (χ0n) is 12.2. The highest BCUT2D eigenvalue weighted by molar-refractivity contribution is 6.30. The Morgan fingerprint density at radius 2 is 0.905 bits per heavy atom. The van der Waals surface area contributed by atoms with Crippen LogP contribution in [0, 0.1) is 13.8 Å². The van der Waals surface area contributed by atoms with E-state index in [4.69, 9.17) is 11.6 Å². The first-order valence-electron chi connectivity index (χ1n) is 7.06. The van der Waals surface area contributed by atoms with E-state index in [1.54, 1.807) is 0 Å². The van der Waals surface area contributed by atoms with Gasteiger partial charge in [0.25, 0.3) is 0 Å². The summed E-state index contributed by atoms with van der Waals surface area (Å²) in [6.45, 7) is 4.27. The highest BCUT2D eigenvalue weighted by atomic mass is 35.5. The van der Waals surface area contributed by atoms with Crippen LogP contribution in [0.4, 0.5) is 0 Å². The molecule has 0 fully saturated rings. The number of benzene rings is 3. The average Bonchev–Trinajstić information content (AvgIpc) is 2.47. The lowest BCUT2D eigenvalue weighted by Gasteiger charge is -2.07. The van der Waals surface area contributed by atoms with Gasteiger partial charge in [0, 0.05) is 5.02 Å². The zero-order valence-corrected chi connectivity index (χ0v) is 13.0. The van der Waals surface area contributed by atoms with Gasteiger partial charge >= 0.3 is 0 Å². The Morgan fingerprint density at radius 1 is 0.524 bits per heavy atom. The van der Waals surface area contributed by atoms with E-state index in [2.05, 4.69) is 56.3 Å². The highest BCUT2D eigenvalue weighted by Crippen LogP contribution is 2.27. The van der Waals surface area contributed by atoms with Gasteiger partial charge in [-0.3, -0.25) is 0 Å². The van der Waals surface area contributed by atoms with E-state index in [1.165, 1.54) is 33.4 Å². The van der Waals surface area contributed by atoms with Gasteiger partial charge in [0.05, 0.1) is 0 Å². The van der Waals surface area contributed by atoms with Crippen LogP contribution in [0.2, 0.25) is 5.02 Å². The quantitative estimate of drug-likeness (QED) is 0.520. The molecule has 0 saturated heterocycles. The van der Waals surface area contributed by atoms with Crippen LogP contribution in [0.5, 0.6) is 0 Å². The van der Waals surface area contributed by atoms with E-state index in [-0.39, 0.29) is 0 Å². The molecule has 21 heavy (non-hydrogen) atoms. The fourth-order valence-corrected chi connectivity index (χ4v) is 2.76. The monoisotopic (exact) mass is 292 g/mol. The molecule has 0 aliphatic heterocycles. The molecule has 1 heteroatoms. The number of hydrogen-bond donors (Lipinski definition) is 0. The number of hydrogen-bond acceptors (Lipinski definition) is 0. The van der Waals surface area contributed by atoms with E-state index in [9.17, 15) is 0 Å². The van der Waals surface area contributed by atoms with Gasteiger partial charge < -0.3 is 0 Å². The molecule has 104 valence electrons. The fourth-order valence-electron chi connectivity index (χ4n) is 2.64. The third-order valence-electron chi connectivity index (χ3n) is 3.62. The van der Waals surface area contributed by atoms with Crippen molar-refractivity contribution in [3.8, 4) is 22.3 Å². The summed E-state index contributed by atoms with van der Waals surface area (Å²) < 4.78 is 0. The highest BCUT2D eigenvalue weighted by Gasteiger charge is 2.02. The van der Waals surface area contributed by atoms with Crippen LogP contribution in [0.1, 0.15) is 11.1 Å². The van der Waals surface area contributed by atoms with Crippen molar-refractivity contribution in [2.75, 3.05) is 0 Å². The molecule has 0 amide bonds. The second-order valence-corrected chi connectivity index (χ2v) is 5.90. The predicted molar refractivity (Wildman–Crippen MR) is 91.8 cm³/mol. The Kier molecular flexibility index (Phi) is 3.81. The average molecular weight is 293 g/mol. The van der Waals surface area contributed by atoms with E-state index in [0.29, 0.717) is 0 Å². The van der Waals surface area contributed by atoms with Gasteiger partial charge in [-0.25, -0.2) is 0 Å².